The molecule has 1 aromatic carbocycles. The summed E-state index contributed by atoms with van der Waals surface area (Å²) in [4.78, 5) is 23.7. The number of hydrogen-bond acceptors (Lipinski definition) is 4. The highest BCUT2D eigenvalue weighted by Gasteiger charge is 2.35. The third-order valence-corrected chi connectivity index (χ3v) is 3.21. The number of halogens is 3. The van der Waals surface area contributed by atoms with Crippen molar-refractivity contribution in [1.82, 2.24) is 9.78 Å². The fraction of sp³-hybridized carbons (Fsp3) is 0.312. The standard InChI is InChI=1S/C16H16F3N3O3/c1-10(2)22-13(7-8-20-22)21-14(23)9-25-15(24)11-5-3-4-6-12(11)16(17,18)19/h3-8,10H,9H2,1-2H3,(H,21,23). The van der Waals surface area contributed by atoms with Gasteiger partial charge >= 0.3 is 12.1 Å². The minimum absolute atomic E-state index is 0.00786. The molecule has 0 aliphatic heterocycles. The van der Waals surface area contributed by atoms with Crippen LogP contribution in [0.25, 0.3) is 0 Å². The lowest BCUT2D eigenvalue weighted by atomic mass is 10.1. The minimum atomic E-state index is -4.69. The number of carbonyl (C=O) groups excluding carboxylic acids is 2. The van der Waals surface area contributed by atoms with Crippen molar-refractivity contribution in [3.63, 3.8) is 0 Å². The number of ether oxygens (including phenoxy) is 1. The molecule has 6 nitrogen and oxygen atoms in total. The molecule has 0 fully saturated rings. The number of aromatic nitrogens is 2. The summed E-state index contributed by atoms with van der Waals surface area (Å²) >= 11 is 0. The lowest BCUT2D eigenvalue weighted by Gasteiger charge is -2.13. The van der Waals surface area contributed by atoms with Crippen LogP contribution in [0.15, 0.2) is 36.5 Å². The lowest BCUT2D eigenvalue weighted by Crippen LogP contribution is -2.24. The first-order valence-electron chi connectivity index (χ1n) is 7.37. The van der Waals surface area contributed by atoms with Crippen molar-refractivity contribution < 1.29 is 27.5 Å². The summed E-state index contributed by atoms with van der Waals surface area (Å²) in [6.45, 7) is 3.00. The van der Waals surface area contributed by atoms with Crippen LogP contribution in [0.5, 0.6) is 0 Å². The van der Waals surface area contributed by atoms with Crippen molar-refractivity contribution in [3.8, 4) is 0 Å². The molecular weight excluding hydrogens is 339 g/mol. The average Bonchev–Trinajstić information content (AvgIpc) is 3.00. The van der Waals surface area contributed by atoms with Gasteiger partial charge in [0.2, 0.25) is 0 Å². The fourth-order valence-corrected chi connectivity index (χ4v) is 2.12. The number of esters is 1. The molecule has 1 aromatic heterocycles. The zero-order valence-corrected chi connectivity index (χ0v) is 13.5. The second-order valence-corrected chi connectivity index (χ2v) is 5.42. The first-order valence-corrected chi connectivity index (χ1v) is 7.37. The molecule has 0 atom stereocenters. The SMILES string of the molecule is CC(C)n1nccc1NC(=O)COC(=O)c1ccccc1C(F)(F)F. The summed E-state index contributed by atoms with van der Waals surface area (Å²) in [6.07, 6.45) is -3.21. The molecule has 0 spiro atoms. The van der Waals surface area contributed by atoms with Gasteiger partial charge in [0, 0.05) is 12.1 Å². The van der Waals surface area contributed by atoms with E-state index >= 15 is 0 Å². The van der Waals surface area contributed by atoms with Crippen molar-refractivity contribution in [2.24, 2.45) is 0 Å². The maximum Gasteiger partial charge on any atom is 0.417 e. The molecule has 1 amide bonds. The number of benzene rings is 1. The van der Waals surface area contributed by atoms with Crippen molar-refractivity contribution in [2.75, 3.05) is 11.9 Å². The highest BCUT2D eigenvalue weighted by atomic mass is 19.4. The monoisotopic (exact) mass is 355 g/mol. The first kappa shape index (κ1) is 18.5. The van der Waals surface area contributed by atoms with Crippen molar-refractivity contribution >= 4 is 17.7 Å². The van der Waals surface area contributed by atoms with E-state index in [0.717, 1.165) is 12.1 Å². The minimum Gasteiger partial charge on any atom is -0.452 e. The number of nitrogens with one attached hydrogen (secondary N) is 1. The van der Waals surface area contributed by atoms with E-state index in [2.05, 4.69) is 10.4 Å². The van der Waals surface area contributed by atoms with E-state index in [0.29, 0.717) is 5.82 Å². The van der Waals surface area contributed by atoms with Crippen LogP contribution >= 0.6 is 0 Å². The smallest absolute Gasteiger partial charge is 0.417 e. The summed E-state index contributed by atoms with van der Waals surface area (Å²) in [5, 5.41) is 6.51. The predicted octanol–water partition coefficient (Wildman–Crippen LogP) is 3.28. The summed E-state index contributed by atoms with van der Waals surface area (Å²) in [5.74, 6) is -1.51. The van der Waals surface area contributed by atoms with Crippen LogP contribution in [-0.4, -0.2) is 28.3 Å². The van der Waals surface area contributed by atoms with E-state index in [1.54, 1.807) is 10.7 Å². The Balaban J connectivity index is 2.01. The fourth-order valence-electron chi connectivity index (χ4n) is 2.12. The maximum absolute atomic E-state index is 12.9. The molecule has 0 saturated carbocycles. The van der Waals surface area contributed by atoms with E-state index in [9.17, 15) is 22.8 Å². The van der Waals surface area contributed by atoms with Crippen molar-refractivity contribution in [2.45, 2.75) is 26.1 Å². The third kappa shape index (κ3) is 4.59. The molecule has 0 radical (unpaired) electrons. The van der Waals surface area contributed by atoms with Crippen LogP contribution in [0.3, 0.4) is 0 Å². The maximum atomic E-state index is 12.9. The van der Waals surface area contributed by atoms with E-state index in [4.69, 9.17) is 4.74 Å². The Hall–Kier alpha value is -2.84. The molecule has 1 N–H and O–H groups in total. The zero-order valence-electron chi connectivity index (χ0n) is 13.5. The molecule has 2 aromatic rings. The van der Waals surface area contributed by atoms with Gasteiger partial charge in [0.1, 0.15) is 5.82 Å². The zero-order chi connectivity index (χ0) is 18.6. The van der Waals surface area contributed by atoms with Gasteiger partial charge in [-0.3, -0.25) is 4.79 Å². The summed E-state index contributed by atoms with van der Waals surface area (Å²) in [5.41, 5.74) is -1.76. The van der Waals surface area contributed by atoms with Gasteiger partial charge in [-0.1, -0.05) is 12.1 Å². The van der Waals surface area contributed by atoms with E-state index in [1.807, 2.05) is 13.8 Å². The van der Waals surface area contributed by atoms with Gasteiger partial charge in [-0.25, -0.2) is 9.48 Å². The van der Waals surface area contributed by atoms with E-state index in [1.165, 1.54) is 18.3 Å². The Labute approximate surface area is 141 Å². The van der Waals surface area contributed by atoms with Crippen LogP contribution in [0.2, 0.25) is 0 Å². The number of amides is 1. The van der Waals surface area contributed by atoms with Gasteiger partial charge in [-0.15, -0.1) is 0 Å². The number of rotatable bonds is 5. The highest BCUT2D eigenvalue weighted by Crippen LogP contribution is 2.32. The van der Waals surface area contributed by atoms with Gasteiger partial charge in [-0.05, 0) is 26.0 Å². The van der Waals surface area contributed by atoms with Gasteiger partial charge < -0.3 is 10.1 Å². The summed E-state index contributed by atoms with van der Waals surface area (Å²) < 4.78 is 44.9. The molecule has 2 rings (SSSR count). The topological polar surface area (TPSA) is 73.2 Å². The number of carbonyl (C=O) groups is 2. The van der Waals surface area contributed by atoms with E-state index in [-0.39, 0.29) is 6.04 Å². The molecule has 0 bridgehead atoms. The molecule has 0 unspecified atom stereocenters. The average molecular weight is 355 g/mol. The second-order valence-electron chi connectivity index (χ2n) is 5.42. The first-order chi connectivity index (χ1) is 11.7. The number of hydrogen-bond donors (Lipinski definition) is 1. The molecule has 0 aliphatic carbocycles. The Kier molecular flexibility index (Phi) is 5.45. The number of anilines is 1. The highest BCUT2D eigenvalue weighted by molar-refractivity contribution is 5.95. The Morgan fingerprint density at radius 2 is 1.92 bits per heavy atom. The Bertz CT molecular complexity index is 769. The molecule has 9 heteroatoms. The van der Waals surface area contributed by atoms with Crippen LogP contribution in [0, 0.1) is 0 Å². The number of nitrogens with zero attached hydrogens (tertiary/aromatic N) is 2. The van der Waals surface area contributed by atoms with Crippen LogP contribution in [-0.2, 0) is 15.7 Å². The van der Waals surface area contributed by atoms with Crippen molar-refractivity contribution in [1.29, 1.82) is 0 Å². The van der Waals surface area contributed by atoms with Crippen molar-refractivity contribution in [3.05, 3.63) is 47.7 Å². The number of alkyl halides is 3. The lowest BCUT2D eigenvalue weighted by molar-refractivity contribution is -0.138. The van der Waals surface area contributed by atoms with Crippen LogP contribution < -0.4 is 5.32 Å². The molecule has 0 aliphatic rings. The third-order valence-electron chi connectivity index (χ3n) is 3.21. The summed E-state index contributed by atoms with van der Waals surface area (Å²) in [6, 6.07) is 5.77. The van der Waals surface area contributed by atoms with Gasteiger partial charge in [0.15, 0.2) is 6.61 Å². The van der Waals surface area contributed by atoms with Gasteiger partial charge in [0.25, 0.3) is 5.91 Å². The molecular formula is C16H16F3N3O3. The second kappa shape index (κ2) is 7.37. The normalized spacial score (nSPS) is 11.4. The van der Waals surface area contributed by atoms with Crippen LogP contribution in [0.1, 0.15) is 35.8 Å². The predicted molar refractivity (Wildman–Crippen MR) is 83.0 cm³/mol. The Morgan fingerprint density at radius 1 is 1.24 bits per heavy atom. The largest absolute Gasteiger partial charge is 0.452 e. The quantitative estimate of drug-likeness (QED) is 0.836. The van der Waals surface area contributed by atoms with Gasteiger partial charge in [0.05, 0.1) is 17.3 Å². The van der Waals surface area contributed by atoms with Gasteiger partial charge in [-0.2, -0.15) is 18.3 Å². The molecule has 134 valence electrons. The molecule has 25 heavy (non-hydrogen) atoms. The Morgan fingerprint density at radius 3 is 2.56 bits per heavy atom. The van der Waals surface area contributed by atoms with Crippen LogP contribution in [0.4, 0.5) is 19.0 Å². The van der Waals surface area contributed by atoms with E-state index < -0.39 is 35.8 Å². The molecule has 0 saturated heterocycles. The summed E-state index contributed by atoms with van der Waals surface area (Å²) in [7, 11) is 0. The molecule has 1 heterocycles.